The van der Waals surface area contributed by atoms with Crippen molar-refractivity contribution >= 4 is 40.6 Å². The number of benzene rings is 4. The molecule has 0 aliphatic carbocycles. The average Bonchev–Trinajstić information content (AvgIpc) is 2.81. The van der Waals surface area contributed by atoms with Gasteiger partial charge in [-0.3, -0.25) is 0 Å². The van der Waals surface area contributed by atoms with Gasteiger partial charge >= 0.3 is 5.97 Å². The van der Waals surface area contributed by atoms with Crippen LogP contribution in [0.2, 0.25) is 5.02 Å². The summed E-state index contributed by atoms with van der Waals surface area (Å²) in [5, 5.41) is 11.5. The molecule has 30 heavy (non-hydrogen) atoms. The third kappa shape index (κ3) is 5.07. The number of aromatic carboxylic acids is 1. The SMILES string of the molecule is O=C(O)c1cccc(Cl)c1.O=P(c1ccccc1)(c1ccccc1)c1ccccc1. The smallest absolute Gasteiger partial charge is 0.335 e. The molecule has 0 amide bonds. The van der Waals surface area contributed by atoms with E-state index in [0.29, 0.717) is 5.02 Å². The Morgan fingerprint density at radius 1 is 0.633 bits per heavy atom. The second kappa shape index (κ2) is 10.1. The van der Waals surface area contributed by atoms with E-state index in [2.05, 4.69) is 0 Å². The number of halogens is 1. The molecule has 3 nitrogen and oxygen atoms in total. The highest BCUT2D eigenvalue weighted by Gasteiger charge is 2.28. The Morgan fingerprint density at radius 2 is 1.03 bits per heavy atom. The van der Waals surface area contributed by atoms with Crippen molar-refractivity contribution in [3.63, 3.8) is 0 Å². The van der Waals surface area contributed by atoms with Crippen LogP contribution in [0.25, 0.3) is 0 Å². The molecule has 150 valence electrons. The molecular weight excluding hydrogens is 415 g/mol. The highest BCUT2D eigenvalue weighted by atomic mass is 35.5. The Labute approximate surface area is 181 Å². The zero-order valence-electron chi connectivity index (χ0n) is 16.1. The molecule has 4 aromatic carbocycles. The highest BCUT2D eigenvalue weighted by molar-refractivity contribution is 7.85. The normalized spacial score (nSPS) is 10.6. The Balaban J connectivity index is 0.000000216. The molecule has 0 fully saturated rings. The van der Waals surface area contributed by atoms with Crippen molar-refractivity contribution in [1.82, 2.24) is 0 Å². The van der Waals surface area contributed by atoms with E-state index in [1.165, 1.54) is 12.1 Å². The van der Waals surface area contributed by atoms with Crippen molar-refractivity contribution in [2.75, 3.05) is 0 Å². The lowest BCUT2D eigenvalue weighted by Gasteiger charge is -2.19. The maximum atomic E-state index is 13.8. The van der Waals surface area contributed by atoms with Gasteiger partial charge < -0.3 is 9.67 Å². The van der Waals surface area contributed by atoms with Crippen molar-refractivity contribution in [2.24, 2.45) is 0 Å². The zero-order chi connectivity index (χ0) is 21.4. The predicted molar refractivity (Wildman–Crippen MR) is 124 cm³/mol. The predicted octanol–water partition coefficient (Wildman–Crippen LogP) is 5.36. The molecule has 5 heteroatoms. The van der Waals surface area contributed by atoms with E-state index in [1.807, 2.05) is 91.0 Å². The van der Waals surface area contributed by atoms with E-state index >= 15 is 0 Å². The molecule has 0 spiro atoms. The van der Waals surface area contributed by atoms with Gasteiger partial charge in [-0.05, 0) is 18.2 Å². The quantitative estimate of drug-likeness (QED) is 0.440. The maximum absolute atomic E-state index is 13.8. The Hall–Kier alpha value is -3.13. The number of carboxylic acid groups (broad SMARTS) is 1. The molecule has 0 aromatic heterocycles. The summed E-state index contributed by atoms with van der Waals surface area (Å²) < 4.78 is 13.8. The molecule has 1 N–H and O–H groups in total. The molecule has 0 aliphatic heterocycles. The van der Waals surface area contributed by atoms with Crippen LogP contribution in [0.5, 0.6) is 0 Å². The molecule has 0 heterocycles. The van der Waals surface area contributed by atoms with Crippen molar-refractivity contribution in [1.29, 1.82) is 0 Å². The largest absolute Gasteiger partial charge is 0.478 e. The molecule has 0 unspecified atom stereocenters. The number of hydrogen-bond acceptors (Lipinski definition) is 2. The van der Waals surface area contributed by atoms with E-state index in [4.69, 9.17) is 16.7 Å². The zero-order valence-corrected chi connectivity index (χ0v) is 17.7. The number of carbonyl (C=O) groups is 1. The van der Waals surface area contributed by atoms with Crippen LogP contribution >= 0.6 is 18.7 Å². The first-order valence-corrected chi connectivity index (χ1v) is 11.4. The van der Waals surface area contributed by atoms with Crippen LogP contribution in [0.1, 0.15) is 10.4 Å². The number of hydrogen-bond donors (Lipinski definition) is 1. The first kappa shape index (κ1) is 21.6. The second-order valence-corrected chi connectivity index (χ2v) is 9.64. The van der Waals surface area contributed by atoms with E-state index in [1.54, 1.807) is 12.1 Å². The van der Waals surface area contributed by atoms with Crippen LogP contribution in [0.15, 0.2) is 115 Å². The summed E-state index contributed by atoms with van der Waals surface area (Å²) in [5.41, 5.74) is 0.215. The van der Waals surface area contributed by atoms with Gasteiger partial charge in [-0.1, -0.05) is 109 Å². The monoisotopic (exact) mass is 434 g/mol. The lowest BCUT2D eigenvalue weighted by atomic mass is 10.2. The van der Waals surface area contributed by atoms with Gasteiger partial charge in [0.1, 0.15) is 0 Å². The summed E-state index contributed by atoms with van der Waals surface area (Å²) >= 11 is 5.53. The van der Waals surface area contributed by atoms with Gasteiger partial charge in [-0.25, -0.2) is 4.79 Å². The highest BCUT2D eigenvalue weighted by Crippen LogP contribution is 2.41. The van der Waals surface area contributed by atoms with E-state index in [9.17, 15) is 9.36 Å². The number of rotatable bonds is 4. The maximum Gasteiger partial charge on any atom is 0.335 e. The fraction of sp³-hybridized carbons (Fsp3) is 0. The minimum atomic E-state index is -2.78. The summed E-state index contributed by atoms with van der Waals surface area (Å²) in [6.45, 7) is 0. The third-order valence-electron chi connectivity index (χ3n) is 4.43. The third-order valence-corrected chi connectivity index (χ3v) is 7.74. The Kier molecular flexibility index (Phi) is 7.24. The summed E-state index contributed by atoms with van der Waals surface area (Å²) in [6.07, 6.45) is 0. The second-order valence-electron chi connectivity index (χ2n) is 6.43. The van der Waals surface area contributed by atoms with Crippen molar-refractivity contribution in [3.05, 3.63) is 126 Å². The van der Waals surface area contributed by atoms with Crippen LogP contribution in [0, 0.1) is 0 Å². The Bertz CT molecular complexity index is 1040. The summed E-state index contributed by atoms with van der Waals surface area (Å²) in [5.74, 6) is -0.956. The van der Waals surface area contributed by atoms with Gasteiger partial charge in [-0.2, -0.15) is 0 Å². The topological polar surface area (TPSA) is 54.4 Å². The standard InChI is InChI=1S/C18H15OP.C7H5ClO2/c19-20(16-10-4-1-5-11-16,17-12-6-2-7-13-17)18-14-8-3-9-15-18;8-6-3-1-2-5(4-6)7(9)10/h1-15H;1-4H,(H,9,10). The van der Waals surface area contributed by atoms with Crippen LogP contribution in [0.4, 0.5) is 0 Å². The molecule has 4 aromatic rings. The van der Waals surface area contributed by atoms with Gasteiger partial charge in [0, 0.05) is 20.9 Å². The molecular formula is C25H20ClO3P. The molecule has 0 saturated heterocycles. The van der Waals surface area contributed by atoms with E-state index in [-0.39, 0.29) is 5.56 Å². The minimum Gasteiger partial charge on any atom is -0.478 e. The van der Waals surface area contributed by atoms with Crippen molar-refractivity contribution < 1.29 is 14.5 Å². The van der Waals surface area contributed by atoms with Gasteiger partial charge in [0.05, 0.1) is 5.56 Å². The minimum absolute atomic E-state index is 0.215. The molecule has 0 bridgehead atoms. The Morgan fingerprint density at radius 3 is 1.33 bits per heavy atom. The first-order valence-electron chi connectivity index (χ1n) is 9.27. The van der Waals surface area contributed by atoms with Crippen LogP contribution in [0.3, 0.4) is 0 Å². The molecule has 0 radical (unpaired) electrons. The van der Waals surface area contributed by atoms with Gasteiger partial charge in [0.15, 0.2) is 7.14 Å². The molecule has 4 rings (SSSR count). The van der Waals surface area contributed by atoms with E-state index in [0.717, 1.165) is 15.9 Å². The lowest BCUT2D eigenvalue weighted by molar-refractivity contribution is 0.0697. The fourth-order valence-electron chi connectivity index (χ4n) is 2.98. The molecule has 0 atom stereocenters. The number of carboxylic acids is 1. The van der Waals surface area contributed by atoms with Gasteiger partial charge in [-0.15, -0.1) is 0 Å². The first-order chi connectivity index (χ1) is 14.5. The average molecular weight is 435 g/mol. The summed E-state index contributed by atoms with van der Waals surface area (Å²) in [7, 11) is -2.78. The lowest BCUT2D eigenvalue weighted by Crippen LogP contribution is -2.24. The van der Waals surface area contributed by atoms with Gasteiger partial charge in [0.25, 0.3) is 0 Å². The molecule has 0 aliphatic rings. The van der Waals surface area contributed by atoms with Crippen molar-refractivity contribution in [3.8, 4) is 0 Å². The summed E-state index contributed by atoms with van der Waals surface area (Å²) in [4.78, 5) is 10.3. The van der Waals surface area contributed by atoms with Crippen LogP contribution < -0.4 is 15.9 Å². The van der Waals surface area contributed by atoms with Crippen LogP contribution in [-0.4, -0.2) is 11.1 Å². The fourth-order valence-corrected chi connectivity index (χ4v) is 5.84. The van der Waals surface area contributed by atoms with Crippen LogP contribution in [-0.2, 0) is 4.57 Å². The summed E-state index contributed by atoms with van der Waals surface area (Å²) in [6, 6.07) is 35.3. The van der Waals surface area contributed by atoms with Gasteiger partial charge in [0.2, 0.25) is 0 Å². The van der Waals surface area contributed by atoms with Crippen molar-refractivity contribution in [2.45, 2.75) is 0 Å². The molecule has 0 saturated carbocycles. The van der Waals surface area contributed by atoms with E-state index < -0.39 is 13.1 Å².